The lowest BCUT2D eigenvalue weighted by Gasteiger charge is -2.15. The largest absolute Gasteiger partial charge is 0.491 e. The Bertz CT molecular complexity index is 535. The van der Waals surface area contributed by atoms with Crippen molar-refractivity contribution in [3.63, 3.8) is 0 Å². The summed E-state index contributed by atoms with van der Waals surface area (Å²) in [4.78, 5) is 0. The zero-order valence-electron chi connectivity index (χ0n) is 11.0. The molecule has 0 aliphatic rings. The topological polar surface area (TPSA) is 29.5 Å². The maximum atomic E-state index is 10.4. The average molecular weight is 321 g/mol. The molecule has 1 atom stereocenters. The van der Waals surface area contributed by atoms with Crippen molar-refractivity contribution in [2.45, 2.75) is 26.1 Å². The van der Waals surface area contributed by atoms with Gasteiger partial charge in [0.15, 0.2) is 0 Å². The smallest absolute Gasteiger partial charge is 0.119 e. The van der Waals surface area contributed by atoms with Crippen LogP contribution in [0.15, 0.2) is 53.0 Å². The second kappa shape index (κ2) is 6.22. The Labute approximate surface area is 122 Å². The quantitative estimate of drug-likeness (QED) is 0.909. The molecule has 1 N–H and O–H groups in total. The van der Waals surface area contributed by atoms with E-state index in [9.17, 15) is 5.11 Å². The Morgan fingerprint density at radius 2 is 1.63 bits per heavy atom. The third kappa shape index (κ3) is 3.58. The van der Waals surface area contributed by atoms with Gasteiger partial charge >= 0.3 is 0 Å². The Balaban J connectivity index is 2.20. The minimum atomic E-state index is -0.635. The SMILES string of the molecule is CC(C)Oc1ccc(C(O)c2ccccc2Br)cc1. The van der Waals surface area contributed by atoms with E-state index in [-0.39, 0.29) is 6.10 Å². The van der Waals surface area contributed by atoms with Gasteiger partial charge in [-0.15, -0.1) is 0 Å². The fraction of sp³-hybridized carbons (Fsp3) is 0.250. The lowest BCUT2D eigenvalue weighted by Crippen LogP contribution is -2.06. The number of hydrogen-bond acceptors (Lipinski definition) is 2. The summed E-state index contributed by atoms with van der Waals surface area (Å²) in [5.74, 6) is 0.818. The maximum absolute atomic E-state index is 10.4. The highest BCUT2D eigenvalue weighted by atomic mass is 79.9. The summed E-state index contributed by atoms with van der Waals surface area (Å²) < 4.78 is 6.49. The molecule has 1 unspecified atom stereocenters. The lowest BCUT2D eigenvalue weighted by atomic mass is 10.0. The number of rotatable bonds is 4. The third-order valence-corrected chi connectivity index (χ3v) is 3.49. The van der Waals surface area contributed by atoms with E-state index in [0.717, 1.165) is 21.3 Å². The van der Waals surface area contributed by atoms with Crippen LogP contribution in [-0.4, -0.2) is 11.2 Å². The Kier molecular flexibility index (Phi) is 4.61. The standard InChI is InChI=1S/C16H17BrO2/c1-11(2)19-13-9-7-12(8-10-13)16(18)14-5-3-4-6-15(14)17/h3-11,16,18H,1-2H3. The lowest BCUT2D eigenvalue weighted by molar-refractivity contribution is 0.218. The van der Waals surface area contributed by atoms with Gasteiger partial charge < -0.3 is 9.84 Å². The second-order valence-electron chi connectivity index (χ2n) is 4.66. The van der Waals surface area contributed by atoms with Gasteiger partial charge in [0.1, 0.15) is 11.9 Å². The number of ether oxygens (including phenoxy) is 1. The first kappa shape index (κ1) is 14.1. The zero-order chi connectivity index (χ0) is 13.8. The van der Waals surface area contributed by atoms with Crippen molar-refractivity contribution in [2.75, 3.05) is 0 Å². The second-order valence-corrected chi connectivity index (χ2v) is 5.51. The van der Waals surface area contributed by atoms with Gasteiger partial charge in [0.2, 0.25) is 0 Å². The van der Waals surface area contributed by atoms with E-state index >= 15 is 0 Å². The molecular weight excluding hydrogens is 304 g/mol. The molecule has 0 fully saturated rings. The number of hydrogen-bond donors (Lipinski definition) is 1. The van der Waals surface area contributed by atoms with E-state index < -0.39 is 6.10 Å². The predicted molar refractivity (Wildman–Crippen MR) is 80.4 cm³/mol. The summed E-state index contributed by atoms with van der Waals surface area (Å²) >= 11 is 3.46. The average Bonchev–Trinajstić information content (AvgIpc) is 2.39. The van der Waals surface area contributed by atoms with Crippen LogP contribution < -0.4 is 4.74 Å². The normalized spacial score (nSPS) is 12.5. The first-order chi connectivity index (χ1) is 9.08. The highest BCUT2D eigenvalue weighted by Crippen LogP contribution is 2.29. The Hall–Kier alpha value is -1.32. The van der Waals surface area contributed by atoms with Gasteiger partial charge in [-0.2, -0.15) is 0 Å². The van der Waals surface area contributed by atoms with Crippen molar-refractivity contribution in [3.05, 3.63) is 64.1 Å². The van der Waals surface area contributed by atoms with Gasteiger partial charge in [-0.3, -0.25) is 0 Å². The zero-order valence-corrected chi connectivity index (χ0v) is 12.6. The van der Waals surface area contributed by atoms with Crippen molar-refractivity contribution in [1.29, 1.82) is 0 Å². The Morgan fingerprint density at radius 1 is 1.00 bits per heavy atom. The van der Waals surface area contributed by atoms with Gasteiger partial charge in [0.05, 0.1) is 6.10 Å². The summed E-state index contributed by atoms with van der Waals surface area (Å²) in [6.07, 6.45) is -0.484. The van der Waals surface area contributed by atoms with Crippen LogP contribution in [0.4, 0.5) is 0 Å². The molecule has 19 heavy (non-hydrogen) atoms. The van der Waals surface area contributed by atoms with Crippen molar-refractivity contribution < 1.29 is 9.84 Å². The van der Waals surface area contributed by atoms with E-state index in [2.05, 4.69) is 15.9 Å². The van der Waals surface area contributed by atoms with Crippen LogP contribution in [0, 0.1) is 0 Å². The fourth-order valence-corrected chi connectivity index (χ4v) is 2.38. The van der Waals surface area contributed by atoms with E-state index in [1.54, 1.807) is 0 Å². The van der Waals surface area contributed by atoms with Crippen LogP contribution >= 0.6 is 15.9 Å². The van der Waals surface area contributed by atoms with E-state index in [1.807, 2.05) is 62.4 Å². The highest BCUT2D eigenvalue weighted by molar-refractivity contribution is 9.10. The molecule has 0 aliphatic heterocycles. The number of halogens is 1. The molecule has 2 aromatic rings. The van der Waals surface area contributed by atoms with Gasteiger partial charge in [-0.05, 0) is 43.2 Å². The first-order valence-electron chi connectivity index (χ1n) is 6.27. The van der Waals surface area contributed by atoms with Crippen molar-refractivity contribution in [2.24, 2.45) is 0 Å². The van der Waals surface area contributed by atoms with Crippen LogP contribution in [-0.2, 0) is 0 Å². The molecule has 0 radical (unpaired) electrons. The molecule has 0 bridgehead atoms. The van der Waals surface area contributed by atoms with E-state index in [0.29, 0.717) is 0 Å². The summed E-state index contributed by atoms with van der Waals surface area (Å²) in [7, 11) is 0. The van der Waals surface area contributed by atoms with Crippen LogP contribution in [0.1, 0.15) is 31.1 Å². The van der Waals surface area contributed by atoms with E-state index in [4.69, 9.17) is 4.74 Å². The molecule has 2 nitrogen and oxygen atoms in total. The summed E-state index contributed by atoms with van der Waals surface area (Å²) in [6.45, 7) is 3.98. The van der Waals surface area contributed by atoms with Crippen LogP contribution in [0.25, 0.3) is 0 Å². The molecule has 3 heteroatoms. The fourth-order valence-electron chi connectivity index (χ4n) is 1.88. The third-order valence-electron chi connectivity index (χ3n) is 2.77. The molecule has 2 aromatic carbocycles. The minimum Gasteiger partial charge on any atom is -0.491 e. The minimum absolute atomic E-state index is 0.152. The van der Waals surface area contributed by atoms with Crippen LogP contribution in [0.2, 0.25) is 0 Å². The van der Waals surface area contributed by atoms with Crippen molar-refractivity contribution in [1.82, 2.24) is 0 Å². The maximum Gasteiger partial charge on any atom is 0.119 e. The van der Waals surface area contributed by atoms with Crippen LogP contribution in [0.5, 0.6) is 5.75 Å². The van der Waals surface area contributed by atoms with Crippen molar-refractivity contribution >= 4 is 15.9 Å². The molecule has 0 aromatic heterocycles. The van der Waals surface area contributed by atoms with Crippen LogP contribution in [0.3, 0.4) is 0 Å². The summed E-state index contributed by atoms with van der Waals surface area (Å²) in [5, 5.41) is 10.4. The van der Waals surface area contributed by atoms with Crippen molar-refractivity contribution in [3.8, 4) is 5.75 Å². The van der Waals surface area contributed by atoms with E-state index in [1.165, 1.54) is 0 Å². The Morgan fingerprint density at radius 3 is 2.21 bits per heavy atom. The van der Waals surface area contributed by atoms with Gasteiger partial charge in [-0.1, -0.05) is 46.3 Å². The highest BCUT2D eigenvalue weighted by Gasteiger charge is 2.13. The molecule has 0 spiro atoms. The molecule has 0 saturated carbocycles. The molecule has 0 aliphatic carbocycles. The molecule has 2 rings (SSSR count). The molecule has 0 saturated heterocycles. The number of benzene rings is 2. The summed E-state index contributed by atoms with van der Waals surface area (Å²) in [5.41, 5.74) is 1.71. The predicted octanol–water partition coefficient (Wildman–Crippen LogP) is 4.32. The molecule has 100 valence electrons. The van der Waals surface area contributed by atoms with Gasteiger partial charge in [0, 0.05) is 4.47 Å². The van der Waals surface area contributed by atoms with Gasteiger partial charge in [-0.25, -0.2) is 0 Å². The molecular formula is C16H17BrO2. The monoisotopic (exact) mass is 320 g/mol. The molecule has 0 amide bonds. The van der Waals surface area contributed by atoms with Gasteiger partial charge in [0.25, 0.3) is 0 Å². The first-order valence-corrected chi connectivity index (χ1v) is 7.06. The molecule has 0 heterocycles. The number of aliphatic hydroxyl groups excluding tert-OH is 1. The summed E-state index contributed by atoms with van der Waals surface area (Å²) in [6, 6.07) is 15.2. The number of aliphatic hydroxyl groups is 1.